The molecule has 4 aromatic carbocycles. The van der Waals surface area contributed by atoms with Crippen LogP contribution in [-0.2, 0) is 34.4 Å². The summed E-state index contributed by atoms with van der Waals surface area (Å²) in [6.45, 7) is 0.419. The van der Waals surface area contributed by atoms with E-state index in [9.17, 15) is 26.8 Å². The Balaban J connectivity index is 0.000000178. The quantitative estimate of drug-likeness (QED) is 0.136. The van der Waals surface area contributed by atoms with Crippen molar-refractivity contribution in [3.63, 3.8) is 0 Å². The van der Waals surface area contributed by atoms with Crippen LogP contribution >= 0.6 is 58.2 Å². The number of hydrogen-bond donors (Lipinski definition) is 2. The maximum atomic E-state index is 13.5. The van der Waals surface area contributed by atoms with E-state index in [2.05, 4.69) is 25.7 Å². The summed E-state index contributed by atoms with van der Waals surface area (Å²) < 4.78 is 56.0. The fourth-order valence-corrected chi connectivity index (χ4v) is 11.5. The van der Waals surface area contributed by atoms with Crippen molar-refractivity contribution in [1.29, 1.82) is 0 Å². The van der Waals surface area contributed by atoms with Crippen molar-refractivity contribution in [2.24, 2.45) is 0 Å². The molecule has 72 heavy (non-hydrogen) atoms. The summed E-state index contributed by atoms with van der Waals surface area (Å²) in [5.41, 5.74) is 7.85. The van der Waals surface area contributed by atoms with Crippen LogP contribution in [0.1, 0.15) is 66.0 Å². The molecule has 4 aromatic heterocycles. The monoisotopic (exact) mass is 1080 g/mol. The van der Waals surface area contributed by atoms with Crippen molar-refractivity contribution in [2.75, 3.05) is 11.5 Å². The molecule has 2 amide bonds. The number of aromatic nitrogens is 6. The van der Waals surface area contributed by atoms with E-state index in [-0.39, 0.29) is 52.6 Å². The predicted octanol–water partition coefficient (Wildman–Crippen LogP) is 11.5. The van der Waals surface area contributed by atoms with Gasteiger partial charge < -0.3 is 10.6 Å². The van der Waals surface area contributed by atoms with E-state index in [1.54, 1.807) is 108 Å². The standard InChI is InChI=1S/C26H19Cl2FN4O3S.C26H19Cl2FN4OS/c27-18-6-9-23(22(28)12-18)33-25-17(11-16-4-7-19(29)8-5-16)14-37(35,36)15-21(25)24(32-33)26(34)31-13-20-3-1-2-10-30-20;27-18-6-9-23(22(28)12-18)33-25-17(11-16-4-7-19(29)8-5-16)14-35-15-21(25)24(32-33)26(34)31-13-20-3-1-2-10-30-20/h1-12H,13-15H2,(H,31,34);1-12H,13-15H2,(H,31,34)/b2*17-11+. The maximum Gasteiger partial charge on any atom is 0.272 e. The Hall–Kier alpha value is -6.66. The van der Waals surface area contributed by atoms with Gasteiger partial charge in [0.2, 0.25) is 0 Å². The molecule has 0 aliphatic carbocycles. The van der Waals surface area contributed by atoms with Crippen molar-refractivity contribution in [1.82, 2.24) is 40.2 Å². The van der Waals surface area contributed by atoms with Gasteiger partial charge in [-0.25, -0.2) is 26.6 Å². The molecule has 6 heterocycles. The van der Waals surface area contributed by atoms with E-state index in [1.165, 1.54) is 35.0 Å². The third-order valence-corrected chi connectivity index (χ3v) is 14.8. The van der Waals surface area contributed by atoms with E-state index < -0.39 is 21.6 Å². The molecule has 0 saturated carbocycles. The molecule has 10 rings (SSSR count). The number of halogens is 6. The minimum absolute atomic E-state index is 0.0368. The summed E-state index contributed by atoms with van der Waals surface area (Å²) in [7, 11) is -3.62. The summed E-state index contributed by atoms with van der Waals surface area (Å²) in [4.78, 5) is 34.9. The number of benzene rings is 4. The van der Waals surface area contributed by atoms with Gasteiger partial charge in [-0.05, 0) is 119 Å². The second kappa shape index (κ2) is 22.0. The van der Waals surface area contributed by atoms with Crippen molar-refractivity contribution < 1.29 is 26.8 Å². The van der Waals surface area contributed by atoms with Crippen LogP contribution in [0.5, 0.6) is 0 Å². The van der Waals surface area contributed by atoms with Crippen molar-refractivity contribution in [2.45, 2.75) is 24.6 Å². The van der Waals surface area contributed by atoms with Gasteiger partial charge in [0.15, 0.2) is 21.2 Å². The smallest absolute Gasteiger partial charge is 0.272 e. The van der Waals surface area contributed by atoms with Gasteiger partial charge in [-0.2, -0.15) is 22.0 Å². The summed E-state index contributed by atoms with van der Waals surface area (Å²) >= 11 is 26.9. The Morgan fingerprint density at radius 1 is 0.597 bits per heavy atom. The molecule has 0 saturated heterocycles. The molecular weight excluding hydrogens is 1040 g/mol. The van der Waals surface area contributed by atoms with Gasteiger partial charge in [-0.3, -0.25) is 19.6 Å². The average Bonchev–Trinajstić information content (AvgIpc) is 3.94. The van der Waals surface area contributed by atoms with Crippen LogP contribution in [0.15, 0.2) is 134 Å². The number of amides is 2. The van der Waals surface area contributed by atoms with E-state index in [0.29, 0.717) is 66.2 Å². The summed E-state index contributed by atoms with van der Waals surface area (Å²) in [6.07, 6.45) is 6.93. The molecule has 0 unspecified atom stereocenters. The zero-order chi connectivity index (χ0) is 50.5. The van der Waals surface area contributed by atoms with Crippen LogP contribution in [0, 0.1) is 11.6 Å². The zero-order valence-electron chi connectivity index (χ0n) is 37.5. The highest BCUT2D eigenvalue weighted by molar-refractivity contribution is 7.99. The highest BCUT2D eigenvalue weighted by Crippen LogP contribution is 2.40. The number of thioether (sulfide) groups is 1. The Bertz CT molecular complexity index is 3520. The minimum Gasteiger partial charge on any atom is -0.345 e. The number of carbonyl (C=O) groups excluding carboxylic acids is 2. The Kier molecular flexibility index (Phi) is 15.4. The van der Waals surface area contributed by atoms with E-state index >= 15 is 0 Å². The van der Waals surface area contributed by atoms with Gasteiger partial charge in [0.25, 0.3) is 11.8 Å². The number of fused-ring (bicyclic) bond motifs is 2. The number of carbonyl (C=O) groups is 2. The van der Waals surface area contributed by atoms with Crippen LogP contribution in [0.2, 0.25) is 20.1 Å². The van der Waals surface area contributed by atoms with Crippen LogP contribution in [-0.4, -0.2) is 61.3 Å². The highest BCUT2D eigenvalue weighted by Gasteiger charge is 2.36. The fourth-order valence-electron chi connectivity index (χ4n) is 8.02. The average molecular weight is 1080 g/mol. The second-order valence-electron chi connectivity index (χ2n) is 16.3. The topological polar surface area (TPSA) is 154 Å². The largest absolute Gasteiger partial charge is 0.345 e. The van der Waals surface area contributed by atoms with Gasteiger partial charge >= 0.3 is 0 Å². The van der Waals surface area contributed by atoms with Gasteiger partial charge in [0.1, 0.15) is 11.6 Å². The highest BCUT2D eigenvalue weighted by atomic mass is 35.5. The fraction of sp³-hybridized carbons (Fsp3) is 0.115. The van der Waals surface area contributed by atoms with Crippen LogP contribution in [0.3, 0.4) is 0 Å². The summed E-state index contributed by atoms with van der Waals surface area (Å²) in [6, 6.07) is 32.8. The van der Waals surface area contributed by atoms with Gasteiger partial charge in [-0.1, -0.05) is 82.8 Å². The van der Waals surface area contributed by atoms with Gasteiger partial charge in [0.05, 0.1) is 68.8 Å². The number of hydrogen-bond acceptors (Lipinski definition) is 9. The second-order valence-corrected chi connectivity index (χ2v) is 21.1. The number of nitrogens with one attached hydrogen (secondary N) is 2. The number of sulfone groups is 1. The molecular formula is C52H38Cl4F2N8O4S2. The molecule has 364 valence electrons. The first-order valence-electron chi connectivity index (χ1n) is 21.9. The van der Waals surface area contributed by atoms with E-state index in [4.69, 9.17) is 51.5 Å². The van der Waals surface area contributed by atoms with Crippen molar-refractivity contribution in [3.05, 3.63) is 222 Å². The van der Waals surface area contributed by atoms with Crippen molar-refractivity contribution in [3.8, 4) is 11.4 Å². The van der Waals surface area contributed by atoms with E-state index in [1.807, 2.05) is 24.3 Å². The number of nitrogens with zero attached hydrogens (tertiary/aromatic N) is 6. The molecule has 8 aromatic rings. The first-order chi connectivity index (χ1) is 34.7. The lowest BCUT2D eigenvalue weighted by atomic mass is 10.0. The first-order valence-corrected chi connectivity index (χ1v) is 26.4. The Morgan fingerprint density at radius 3 is 1.54 bits per heavy atom. The summed E-state index contributed by atoms with van der Waals surface area (Å²) in [5, 5.41) is 16.5. The zero-order valence-corrected chi connectivity index (χ0v) is 42.2. The maximum absolute atomic E-state index is 13.5. The predicted molar refractivity (Wildman–Crippen MR) is 280 cm³/mol. The molecule has 0 spiro atoms. The van der Waals surface area contributed by atoms with E-state index in [0.717, 1.165) is 28.1 Å². The number of rotatable bonds is 10. The lowest BCUT2D eigenvalue weighted by Crippen LogP contribution is -2.26. The van der Waals surface area contributed by atoms with Gasteiger partial charge in [-0.15, -0.1) is 0 Å². The van der Waals surface area contributed by atoms with Gasteiger partial charge in [0, 0.05) is 45.1 Å². The lowest BCUT2D eigenvalue weighted by Gasteiger charge is -2.19. The molecule has 2 N–H and O–H groups in total. The first kappa shape index (κ1) is 50.3. The Morgan fingerprint density at radius 2 is 1.07 bits per heavy atom. The molecule has 20 heteroatoms. The molecule has 12 nitrogen and oxygen atoms in total. The molecule has 0 radical (unpaired) electrons. The van der Waals surface area contributed by atoms with Crippen LogP contribution in [0.4, 0.5) is 8.78 Å². The van der Waals surface area contributed by atoms with Crippen molar-refractivity contribution >= 4 is 103 Å². The molecule has 0 fully saturated rings. The molecule has 0 bridgehead atoms. The van der Waals surface area contributed by atoms with Crippen LogP contribution < -0.4 is 10.6 Å². The summed E-state index contributed by atoms with van der Waals surface area (Å²) in [5.74, 6) is -0.892. The normalized spacial score (nSPS) is 14.8. The molecule has 2 aliphatic rings. The minimum atomic E-state index is -3.62. The van der Waals surface area contributed by atoms with Crippen LogP contribution in [0.25, 0.3) is 34.7 Å². The molecule has 0 atom stereocenters. The Labute approximate surface area is 436 Å². The third kappa shape index (κ3) is 11.7. The lowest BCUT2D eigenvalue weighted by molar-refractivity contribution is 0.0936. The number of pyridine rings is 2. The molecule has 2 aliphatic heterocycles. The third-order valence-electron chi connectivity index (χ3n) is 11.3. The SMILES string of the molecule is O=C(NCc1ccccn1)c1nn(-c2ccc(Cl)cc2Cl)c2c1CS(=O)(=O)C/C2=C\c1ccc(F)cc1.O=C(NCc1ccccn1)c1nn(-c2ccc(Cl)cc2Cl)c2c1CSC/C2=C\c1ccc(F)cc1.